The van der Waals surface area contributed by atoms with Crippen LogP contribution in [0.15, 0.2) is 35.2 Å². The predicted octanol–water partition coefficient (Wildman–Crippen LogP) is 3.02. The molecule has 0 saturated heterocycles. The van der Waals surface area contributed by atoms with Crippen LogP contribution < -0.4 is 19.3 Å². The van der Waals surface area contributed by atoms with E-state index in [-0.39, 0.29) is 22.6 Å². The first-order chi connectivity index (χ1) is 12.7. The third-order valence-electron chi connectivity index (χ3n) is 3.83. The van der Waals surface area contributed by atoms with Crippen LogP contribution >= 0.6 is 7.29 Å². The second-order valence-corrected chi connectivity index (χ2v) is 10.5. The van der Waals surface area contributed by atoms with Crippen molar-refractivity contribution < 1.29 is 22.5 Å². The first-order valence-electron chi connectivity index (χ1n) is 8.21. The molecule has 0 unspecified atom stereocenters. The number of nitrogens with one attached hydrogen (secondary N) is 2. The van der Waals surface area contributed by atoms with Crippen molar-refractivity contribution in [3.05, 3.63) is 30.3 Å². The van der Waals surface area contributed by atoms with Crippen molar-refractivity contribution in [3.63, 3.8) is 0 Å². The molecule has 0 fully saturated rings. The minimum Gasteiger partial charge on any atom is -0.481 e. The molecule has 9 nitrogen and oxygen atoms in total. The van der Waals surface area contributed by atoms with E-state index in [4.69, 9.17) is 9.47 Å². The zero-order valence-corrected chi connectivity index (χ0v) is 17.3. The van der Waals surface area contributed by atoms with Gasteiger partial charge in [-0.25, -0.2) is 8.42 Å². The molecule has 11 heteroatoms. The molecule has 2 rings (SSSR count). The molecular weight excluding hydrogens is 391 g/mol. The number of aromatic nitrogens is 2. The van der Waals surface area contributed by atoms with Crippen molar-refractivity contribution in [1.82, 2.24) is 9.97 Å². The molecule has 1 heterocycles. The van der Waals surface area contributed by atoms with Gasteiger partial charge in [-0.3, -0.25) is 4.72 Å². The molecule has 1 aromatic carbocycles. The van der Waals surface area contributed by atoms with Crippen molar-refractivity contribution in [2.24, 2.45) is 0 Å². The summed E-state index contributed by atoms with van der Waals surface area (Å²) in [5.74, 6) is 0.177. The Balaban J connectivity index is 2.23. The fourth-order valence-corrected chi connectivity index (χ4v) is 4.55. The molecule has 148 valence electrons. The Kier molecular flexibility index (Phi) is 6.67. The highest BCUT2D eigenvalue weighted by molar-refractivity contribution is 7.92. The molecule has 0 atom stereocenters. The van der Waals surface area contributed by atoms with Gasteiger partial charge in [0.1, 0.15) is 0 Å². The van der Waals surface area contributed by atoms with Gasteiger partial charge in [-0.05, 0) is 24.3 Å². The van der Waals surface area contributed by atoms with Gasteiger partial charge in [-0.1, -0.05) is 13.8 Å². The van der Waals surface area contributed by atoms with E-state index in [9.17, 15) is 13.0 Å². The van der Waals surface area contributed by atoms with Crippen LogP contribution in [0, 0.1) is 0 Å². The van der Waals surface area contributed by atoms with Crippen LogP contribution in [-0.4, -0.2) is 44.9 Å². The smallest absolute Gasteiger partial charge is 0.321 e. The number of benzene rings is 1. The summed E-state index contributed by atoms with van der Waals surface area (Å²) in [4.78, 5) is 7.89. The van der Waals surface area contributed by atoms with Gasteiger partial charge in [0.2, 0.25) is 5.88 Å². The lowest BCUT2D eigenvalue weighted by molar-refractivity contribution is 0.353. The van der Waals surface area contributed by atoms with Gasteiger partial charge in [-0.2, -0.15) is 9.97 Å². The summed E-state index contributed by atoms with van der Waals surface area (Å²) < 4.78 is 49.9. The Morgan fingerprint density at radius 1 is 1.04 bits per heavy atom. The van der Waals surface area contributed by atoms with E-state index in [2.05, 4.69) is 19.8 Å². The number of sulfonamides is 1. The van der Waals surface area contributed by atoms with E-state index < -0.39 is 17.3 Å². The van der Waals surface area contributed by atoms with Crippen LogP contribution in [0.5, 0.6) is 11.9 Å². The van der Waals surface area contributed by atoms with Crippen LogP contribution in [0.25, 0.3) is 0 Å². The summed E-state index contributed by atoms with van der Waals surface area (Å²) in [6, 6.07) is 7.32. The maximum atomic E-state index is 12.6. The molecular formula is C16H23N4O5PS. The van der Waals surface area contributed by atoms with Gasteiger partial charge in [0, 0.05) is 24.1 Å². The summed E-state index contributed by atoms with van der Waals surface area (Å²) in [5.41, 5.74) is 0.603. The lowest BCUT2D eigenvalue weighted by Gasteiger charge is -2.17. The molecule has 1 aromatic heterocycles. The summed E-state index contributed by atoms with van der Waals surface area (Å²) in [6.07, 6.45) is 1.03. The average molecular weight is 414 g/mol. The van der Waals surface area contributed by atoms with Gasteiger partial charge >= 0.3 is 6.01 Å². The van der Waals surface area contributed by atoms with Crippen LogP contribution in [0.4, 0.5) is 11.5 Å². The average Bonchev–Trinajstić information content (AvgIpc) is 2.67. The van der Waals surface area contributed by atoms with Crippen molar-refractivity contribution in [1.29, 1.82) is 0 Å². The zero-order valence-electron chi connectivity index (χ0n) is 15.6. The predicted molar refractivity (Wildman–Crippen MR) is 105 cm³/mol. The molecule has 0 aliphatic rings. The summed E-state index contributed by atoms with van der Waals surface area (Å²) >= 11 is 0. The lowest BCUT2D eigenvalue weighted by Crippen LogP contribution is -2.14. The molecule has 0 bridgehead atoms. The maximum absolute atomic E-state index is 12.6. The number of methoxy groups -OCH3 is 2. The summed E-state index contributed by atoms with van der Waals surface area (Å²) in [6.45, 7) is 3.70. The molecule has 0 aliphatic heterocycles. The fourth-order valence-electron chi connectivity index (χ4n) is 2.17. The van der Waals surface area contributed by atoms with E-state index in [1.807, 2.05) is 13.8 Å². The lowest BCUT2D eigenvalue weighted by atomic mass is 10.3. The third kappa shape index (κ3) is 5.33. The SMILES string of the molecule is CCP(=O)(CC)Nc1ccc(S(=O)(=O)Nc2cc(OC)nc(OC)n2)cc1. The highest BCUT2D eigenvalue weighted by Crippen LogP contribution is 2.44. The Labute approximate surface area is 159 Å². The van der Waals surface area contributed by atoms with Gasteiger partial charge in [0.25, 0.3) is 10.0 Å². The highest BCUT2D eigenvalue weighted by Gasteiger charge is 2.19. The van der Waals surface area contributed by atoms with Crippen LogP contribution in [0.2, 0.25) is 0 Å². The number of nitrogens with zero attached hydrogens (tertiary/aromatic N) is 2. The second-order valence-electron chi connectivity index (χ2n) is 5.55. The monoisotopic (exact) mass is 414 g/mol. The van der Waals surface area contributed by atoms with Gasteiger partial charge in [-0.15, -0.1) is 0 Å². The van der Waals surface area contributed by atoms with Gasteiger partial charge in [0.15, 0.2) is 13.1 Å². The molecule has 0 saturated carbocycles. The van der Waals surface area contributed by atoms with E-state index in [1.165, 1.54) is 32.4 Å². The largest absolute Gasteiger partial charge is 0.481 e. The summed E-state index contributed by atoms with van der Waals surface area (Å²) in [7, 11) is -3.61. The van der Waals surface area contributed by atoms with E-state index in [0.29, 0.717) is 18.0 Å². The first-order valence-corrected chi connectivity index (χ1v) is 11.8. The van der Waals surface area contributed by atoms with Crippen molar-refractivity contribution in [3.8, 4) is 11.9 Å². The van der Waals surface area contributed by atoms with Crippen LogP contribution in [0.1, 0.15) is 13.8 Å². The summed E-state index contributed by atoms with van der Waals surface area (Å²) in [5, 5.41) is 3.00. The number of hydrogen-bond donors (Lipinski definition) is 2. The number of hydrogen-bond acceptors (Lipinski definition) is 7. The maximum Gasteiger partial charge on any atom is 0.321 e. The Morgan fingerprint density at radius 2 is 1.67 bits per heavy atom. The normalized spacial score (nSPS) is 11.7. The quantitative estimate of drug-likeness (QED) is 0.601. The second kappa shape index (κ2) is 8.58. The van der Waals surface area contributed by atoms with Crippen molar-refractivity contribution >= 4 is 28.8 Å². The number of anilines is 2. The molecule has 0 spiro atoms. The molecule has 0 radical (unpaired) electrons. The topological polar surface area (TPSA) is 120 Å². The van der Waals surface area contributed by atoms with Crippen LogP contribution in [-0.2, 0) is 14.6 Å². The van der Waals surface area contributed by atoms with E-state index in [0.717, 1.165) is 0 Å². The van der Waals surface area contributed by atoms with Crippen molar-refractivity contribution in [2.45, 2.75) is 18.7 Å². The Morgan fingerprint density at radius 3 is 2.19 bits per heavy atom. The van der Waals surface area contributed by atoms with E-state index >= 15 is 0 Å². The van der Waals surface area contributed by atoms with Crippen molar-refractivity contribution in [2.75, 3.05) is 36.4 Å². The van der Waals surface area contributed by atoms with Gasteiger partial charge < -0.3 is 19.1 Å². The Bertz CT molecular complexity index is 904. The first kappa shape index (κ1) is 21.0. The third-order valence-corrected chi connectivity index (χ3v) is 7.91. The number of rotatable bonds is 9. The molecule has 27 heavy (non-hydrogen) atoms. The molecule has 0 amide bonds. The minimum atomic E-state index is -3.88. The fraction of sp³-hybridized carbons (Fsp3) is 0.375. The number of ether oxygens (including phenoxy) is 2. The van der Waals surface area contributed by atoms with E-state index in [1.54, 1.807) is 12.1 Å². The molecule has 2 N–H and O–H groups in total. The molecule has 2 aromatic rings. The van der Waals surface area contributed by atoms with Gasteiger partial charge in [0.05, 0.1) is 19.1 Å². The minimum absolute atomic E-state index is 0.0161. The highest BCUT2D eigenvalue weighted by atomic mass is 32.2. The molecule has 0 aliphatic carbocycles. The van der Waals surface area contributed by atoms with Crippen LogP contribution in [0.3, 0.4) is 0 Å². The standard InChI is InChI=1S/C16H23N4O5PS/c1-5-26(21,6-2)19-12-7-9-13(10-8-12)27(22,23)20-14-11-15(24-3)18-16(17-14)25-4/h7-11H,5-6H2,1-4H3,(H,19,21)(H,17,18,20). The Hall–Kier alpha value is -2.32. The zero-order chi connectivity index (χ0) is 20.1.